The molecule has 0 fully saturated rings. The number of benzene rings is 1. The van der Waals surface area contributed by atoms with Gasteiger partial charge in [0.2, 0.25) is 10.0 Å². The van der Waals surface area contributed by atoms with Gasteiger partial charge in [-0.05, 0) is 44.5 Å². The molecule has 1 N–H and O–H groups in total. The van der Waals surface area contributed by atoms with Gasteiger partial charge in [0.05, 0.1) is 15.6 Å². The number of nitrogens with one attached hydrogen (secondary N) is 1. The zero-order valence-corrected chi connectivity index (χ0v) is 20.0. The number of hydrogen-bond donors (Lipinski definition) is 1. The third kappa shape index (κ3) is 5.56. The number of carbonyl (C=O) groups excluding carboxylic acids is 2. The van der Waals surface area contributed by atoms with Gasteiger partial charge in [0.15, 0.2) is 6.10 Å². The maximum Gasteiger partial charge on any atom is 0.342 e. The van der Waals surface area contributed by atoms with Gasteiger partial charge in [0, 0.05) is 19.2 Å². The van der Waals surface area contributed by atoms with Crippen molar-refractivity contribution in [3.8, 4) is 0 Å². The van der Waals surface area contributed by atoms with Crippen LogP contribution in [0.25, 0.3) is 0 Å². The number of ether oxygens (including phenoxy) is 1. The van der Waals surface area contributed by atoms with E-state index in [1.165, 1.54) is 36.4 Å². The third-order valence-electron chi connectivity index (χ3n) is 4.73. The number of amides is 1. The first kappa shape index (κ1) is 25.6. The minimum atomic E-state index is -3.76. The lowest BCUT2D eigenvalue weighted by Gasteiger charge is -2.20. The molecule has 2 rings (SSSR count). The molecule has 0 spiro atoms. The summed E-state index contributed by atoms with van der Waals surface area (Å²) in [6.07, 6.45) is -1.24. The van der Waals surface area contributed by atoms with Crippen LogP contribution in [-0.4, -0.2) is 43.8 Å². The quantitative estimate of drug-likeness (QED) is 0.571. The average molecular weight is 485 g/mol. The van der Waals surface area contributed by atoms with E-state index in [4.69, 9.17) is 20.8 Å². The van der Waals surface area contributed by atoms with Crippen molar-refractivity contribution in [2.24, 2.45) is 0 Å². The van der Waals surface area contributed by atoms with Crippen molar-refractivity contribution in [3.05, 3.63) is 56.6 Å². The number of nitrogens with zero attached hydrogens (tertiary/aromatic N) is 1. The van der Waals surface area contributed by atoms with Crippen LogP contribution in [0.15, 0.2) is 38.4 Å². The highest BCUT2D eigenvalue weighted by Gasteiger charge is 2.25. The number of carbonyl (C=O) groups is 2. The highest BCUT2D eigenvalue weighted by molar-refractivity contribution is 7.89. The summed E-state index contributed by atoms with van der Waals surface area (Å²) in [7, 11) is -3.76. The van der Waals surface area contributed by atoms with Crippen molar-refractivity contribution in [2.75, 3.05) is 18.4 Å². The molecular weight excluding hydrogens is 460 g/mol. The van der Waals surface area contributed by atoms with E-state index in [2.05, 4.69) is 5.32 Å². The van der Waals surface area contributed by atoms with Crippen LogP contribution in [0.5, 0.6) is 0 Å². The Labute approximate surface area is 191 Å². The van der Waals surface area contributed by atoms with Crippen molar-refractivity contribution in [1.82, 2.24) is 4.31 Å². The number of sulfonamides is 1. The maximum absolute atomic E-state index is 12.7. The Kier molecular flexibility index (Phi) is 8.22. The molecule has 0 saturated heterocycles. The molecule has 0 bridgehead atoms. The molecule has 1 amide bonds. The summed E-state index contributed by atoms with van der Waals surface area (Å²) in [5.41, 5.74) is -0.134. The van der Waals surface area contributed by atoms with Crippen LogP contribution in [0.3, 0.4) is 0 Å². The largest absolute Gasteiger partial charge is 0.449 e. The molecule has 1 heterocycles. The molecule has 11 heteroatoms. The molecule has 9 nitrogen and oxygen atoms in total. The van der Waals surface area contributed by atoms with E-state index >= 15 is 0 Å². The Bertz CT molecular complexity index is 1160. The van der Waals surface area contributed by atoms with E-state index in [0.29, 0.717) is 5.56 Å². The average Bonchev–Trinajstić information content (AvgIpc) is 2.69. The molecule has 0 aliphatic rings. The predicted molar refractivity (Wildman–Crippen MR) is 120 cm³/mol. The van der Waals surface area contributed by atoms with Crippen molar-refractivity contribution in [2.45, 2.75) is 45.6 Å². The Morgan fingerprint density at radius 2 is 1.81 bits per heavy atom. The monoisotopic (exact) mass is 484 g/mol. The molecule has 32 heavy (non-hydrogen) atoms. The number of rotatable bonds is 8. The van der Waals surface area contributed by atoms with Crippen LogP contribution in [0.1, 0.15) is 42.5 Å². The van der Waals surface area contributed by atoms with Gasteiger partial charge in [0.1, 0.15) is 11.3 Å². The third-order valence-corrected chi connectivity index (χ3v) is 7.11. The van der Waals surface area contributed by atoms with Gasteiger partial charge in [-0.3, -0.25) is 4.79 Å². The first-order valence-electron chi connectivity index (χ1n) is 9.85. The van der Waals surface area contributed by atoms with Crippen LogP contribution in [0.4, 0.5) is 5.69 Å². The summed E-state index contributed by atoms with van der Waals surface area (Å²) in [6.45, 7) is 8.35. The maximum atomic E-state index is 12.7. The molecule has 174 valence electrons. The summed E-state index contributed by atoms with van der Waals surface area (Å²) in [5, 5.41) is 2.61. The lowest BCUT2D eigenvalue weighted by atomic mass is 10.1. The lowest BCUT2D eigenvalue weighted by molar-refractivity contribution is -0.123. The van der Waals surface area contributed by atoms with Crippen molar-refractivity contribution in [3.63, 3.8) is 0 Å². The first-order chi connectivity index (χ1) is 14.9. The fourth-order valence-corrected chi connectivity index (χ4v) is 4.69. The number of hydrogen-bond acceptors (Lipinski definition) is 7. The molecule has 0 saturated carbocycles. The standard InChI is InChI=1S/C21H25ClN2O7S/c1-6-24(7-2)32(28,29)15-8-9-16(22)17(11-15)23-20(26)14(5)31-21(27)19-12(3)10-18(25)30-13(19)4/h8-11,14H,6-7H2,1-5H3,(H,23,26). The normalized spacial score (nSPS) is 12.5. The molecule has 1 aromatic carbocycles. The Balaban J connectivity index is 2.22. The van der Waals surface area contributed by atoms with E-state index < -0.39 is 33.6 Å². The van der Waals surface area contributed by atoms with Gasteiger partial charge < -0.3 is 14.5 Å². The Morgan fingerprint density at radius 3 is 2.38 bits per heavy atom. The summed E-state index contributed by atoms with van der Waals surface area (Å²) in [5.74, 6) is -1.48. The van der Waals surface area contributed by atoms with Crippen LogP contribution < -0.4 is 10.9 Å². The second kappa shape index (κ2) is 10.3. The minimum absolute atomic E-state index is 0.0314. The zero-order chi connectivity index (χ0) is 24.2. The van der Waals surface area contributed by atoms with E-state index in [1.807, 2.05) is 0 Å². The van der Waals surface area contributed by atoms with Gasteiger partial charge in [0.25, 0.3) is 5.91 Å². The number of esters is 1. The zero-order valence-electron chi connectivity index (χ0n) is 18.4. The van der Waals surface area contributed by atoms with Crippen molar-refractivity contribution < 1.29 is 27.2 Å². The Hall–Kier alpha value is -2.69. The van der Waals surface area contributed by atoms with Gasteiger partial charge in [-0.2, -0.15) is 4.31 Å². The van der Waals surface area contributed by atoms with Gasteiger partial charge in [-0.1, -0.05) is 25.4 Å². The van der Waals surface area contributed by atoms with Crippen LogP contribution in [-0.2, 0) is 19.6 Å². The van der Waals surface area contributed by atoms with Crippen molar-refractivity contribution >= 4 is 39.2 Å². The molecule has 2 aromatic rings. The number of aryl methyl sites for hydroxylation is 2. The first-order valence-corrected chi connectivity index (χ1v) is 11.7. The molecule has 0 aliphatic heterocycles. The number of halogens is 1. The summed E-state index contributed by atoms with van der Waals surface area (Å²) in [6, 6.07) is 5.12. The molecule has 0 aliphatic carbocycles. The van der Waals surface area contributed by atoms with E-state index in [-0.39, 0.29) is 40.0 Å². The minimum Gasteiger partial charge on any atom is -0.449 e. The van der Waals surface area contributed by atoms with Gasteiger partial charge in [-0.25, -0.2) is 18.0 Å². The second-order valence-electron chi connectivity index (χ2n) is 6.95. The smallest absolute Gasteiger partial charge is 0.342 e. The summed E-state index contributed by atoms with van der Waals surface area (Å²) in [4.78, 5) is 36.4. The predicted octanol–water partition coefficient (Wildman–Crippen LogP) is 3.12. The second-order valence-corrected chi connectivity index (χ2v) is 9.29. The van der Waals surface area contributed by atoms with Crippen LogP contribution >= 0.6 is 11.6 Å². The molecule has 1 aromatic heterocycles. The van der Waals surface area contributed by atoms with Gasteiger partial charge >= 0.3 is 11.6 Å². The topological polar surface area (TPSA) is 123 Å². The van der Waals surface area contributed by atoms with Gasteiger partial charge in [-0.15, -0.1) is 0 Å². The van der Waals surface area contributed by atoms with Crippen molar-refractivity contribution in [1.29, 1.82) is 0 Å². The SMILES string of the molecule is CCN(CC)S(=O)(=O)c1ccc(Cl)c(NC(=O)C(C)OC(=O)c2c(C)cc(=O)oc2C)c1. The molecule has 1 unspecified atom stereocenters. The number of anilines is 1. The van der Waals surface area contributed by atoms with E-state index in [0.717, 1.165) is 6.07 Å². The summed E-state index contributed by atoms with van der Waals surface area (Å²) < 4.78 is 36.9. The van der Waals surface area contributed by atoms with Crippen LogP contribution in [0, 0.1) is 13.8 Å². The van der Waals surface area contributed by atoms with E-state index in [1.54, 1.807) is 20.8 Å². The molecule has 0 radical (unpaired) electrons. The van der Waals surface area contributed by atoms with Crippen LogP contribution in [0.2, 0.25) is 5.02 Å². The highest BCUT2D eigenvalue weighted by Crippen LogP contribution is 2.27. The molecular formula is C21H25ClN2O7S. The van der Waals surface area contributed by atoms with E-state index in [9.17, 15) is 22.8 Å². The Morgan fingerprint density at radius 1 is 1.19 bits per heavy atom. The molecule has 1 atom stereocenters. The lowest BCUT2D eigenvalue weighted by Crippen LogP contribution is -2.32. The highest BCUT2D eigenvalue weighted by atomic mass is 35.5. The fraction of sp³-hybridized carbons (Fsp3) is 0.381. The fourth-order valence-electron chi connectivity index (χ4n) is 3.04. The summed E-state index contributed by atoms with van der Waals surface area (Å²) >= 11 is 6.13.